The van der Waals surface area contributed by atoms with Gasteiger partial charge in [-0.15, -0.1) is 0 Å². The predicted octanol–water partition coefficient (Wildman–Crippen LogP) is 7.98. The van der Waals surface area contributed by atoms with Crippen LogP contribution in [0.5, 0.6) is 0 Å². The van der Waals surface area contributed by atoms with E-state index in [0.717, 1.165) is 65.9 Å². The molecule has 3 aromatic rings. The van der Waals surface area contributed by atoms with E-state index >= 15 is 0 Å². The molecule has 1 aliphatic heterocycles. The SMILES string of the molecule is CCCCN1C(=CC=Cc2n(CCCCCC(=O)O)c3cc(Cl)c(Cl)cc3[n+]2CCCCCC(=O)NCCOCCOCCOCCOCCOCCOCCOCCOCCOCCOCCOCCOCCOCCOCCOCCOCCOCCOCCOCCOCCOCCOCCOCCOC)C(C)(C)c2cc(S(=O)(=O)[O-])ccc21. The van der Waals surface area contributed by atoms with Crippen molar-refractivity contribution in [1.29, 1.82) is 0 Å². The van der Waals surface area contributed by atoms with Crippen LogP contribution in [0, 0.1) is 0 Å². The van der Waals surface area contributed by atoms with Crippen LogP contribution in [0.2, 0.25) is 10.0 Å². The standard InChI is InChI=1S/C85H144Cl2N4O30S/c1-5-6-21-89-78-19-18-74(122(95,96)97)71-75(78)85(2,3)81(89)14-13-16-83-90(79-72-76(86)77(87)73-80(79)91(83)23-12-8-10-17-84(93)94)22-11-7-9-15-82(92)88-20-24-99-27-28-101-31-32-103-35-36-105-39-40-107-43-44-109-47-48-111-51-52-113-55-56-115-59-60-117-63-64-119-67-68-121-70-69-120-66-65-118-62-61-116-58-57-114-54-53-112-50-49-110-46-45-108-42-41-106-38-37-104-34-33-102-30-29-100-26-25-98-4/h13-14,16,18-19,71-73H,5-12,15,17,20-70H2,1-4H3,(H2-,88,92,93,94,95,96,97). The number of rotatable bonds is 90. The highest BCUT2D eigenvalue weighted by Gasteiger charge is 2.40. The third-order valence-electron chi connectivity index (χ3n) is 18.3. The molecule has 1 aromatic heterocycles. The Hall–Kier alpha value is -4.34. The van der Waals surface area contributed by atoms with Gasteiger partial charge in [0.25, 0.3) is 5.82 Å². The summed E-state index contributed by atoms with van der Waals surface area (Å²) < 4.78 is 173. The number of ether oxygens (including phenoxy) is 24. The number of fused-ring (bicyclic) bond motifs is 2. The number of hydrogen-bond donors (Lipinski definition) is 2. The summed E-state index contributed by atoms with van der Waals surface area (Å²) in [5.41, 5.74) is 3.74. The maximum Gasteiger partial charge on any atom is 0.303 e. The van der Waals surface area contributed by atoms with E-state index in [9.17, 15) is 27.7 Å². The van der Waals surface area contributed by atoms with Crippen molar-refractivity contribution in [2.24, 2.45) is 0 Å². The number of hydrogen-bond acceptors (Lipinski definition) is 30. The number of carbonyl (C=O) groups is 2. The average molecular weight is 1810 g/mol. The lowest BCUT2D eigenvalue weighted by atomic mass is 9.83. The molecule has 2 aromatic carbocycles. The minimum absolute atomic E-state index is 0.0519. The number of carboxylic acid groups (broad SMARTS) is 1. The van der Waals surface area contributed by atoms with Crippen LogP contribution in [0.4, 0.5) is 5.69 Å². The number of halogens is 2. The van der Waals surface area contributed by atoms with Gasteiger partial charge in [0.05, 0.1) is 339 Å². The Bertz CT molecular complexity index is 3240. The number of methoxy groups -OCH3 is 1. The number of aromatic nitrogens is 2. The molecule has 4 rings (SSSR count). The summed E-state index contributed by atoms with van der Waals surface area (Å²) in [6.07, 6.45) is 12.6. The fourth-order valence-corrected chi connectivity index (χ4v) is 12.8. The van der Waals surface area contributed by atoms with E-state index in [1.165, 1.54) is 12.1 Å². The molecule has 0 fully saturated rings. The van der Waals surface area contributed by atoms with E-state index in [0.29, 0.717) is 372 Å². The second-order valence-electron chi connectivity index (χ2n) is 28.0. The molecule has 0 spiro atoms. The van der Waals surface area contributed by atoms with Crippen molar-refractivity contribution in [3.05, 3.63) is 69.6 Å². The number of aliphatic carboxylic acids is 1. The van der Waals surface area contributed by atoms with Crippen LogP contribution in [-0.4, -0.2) is 365 Å². The maximum absolute atomic E-state index is 12.8. The van der Waals surface area contributed by atoms with Gasteiger partial charge < -0.3 is 134 Å². The van der Waals surface area contributed by atoms with E-state index in [2.05, 4.69) is 32.4 Å². The first-order valence-electron chi connectivity index (χ1n) is 43.1. The van der Waals surface area contributed by atoms with Crippen LogP contribution < -0.4 is 14.8 Å². The van der Waals surface area contributed by atoms with Gasteiger partial charge in [0.2, 0.25) is 5.91 Å². The molecule has 2 N–H and O–H groups in total. The Morgan fingerprint density at radius 3 is 1.12 bits per heavy atom. The third kappa shape index (κ3) is 54.7. The quantitative estimate of drug-likeness (QED) is 0.0307. The second-order valence-corrected chi connectivity index (χ2v) is 30.2. The molecule has 0 radical (unpaired) electrons. The smallest absolute Gasteiger partial charge is 0.303 e. The molecular weight excluding hydrogens is 1660 g/mol. The number of carbonyl (C=O) groups excluding carboxylic acids is 1. The number of benzene rings is 2. The number of nitrogens with zero attached hydrogens (tertiary/aromatic N) is 3. The summed E-state index contributed by atoms with van der Waals surface area (Å²) in [7, 11) is -3.02. The molecule has 0 unspecified atom stereocenters. The predicted molar refractivity (Wildman–Crippen MR) is 457 cm³/mol. The molecule has 0 bridgehead atoms. The zero-order chi connectivity index (χ0) is 87.6. The maximum atomic E-state index is 12.8. The summed E-state index contributed by atoms with van der Waals surface area (Å²) in [5, 5.41) is 13.1. The van der Waals surface area contributed by atoms with Crippen molar-refractivity contribution >= 4 is 68.0 Å². The highest BCUT2D eigenvalue weighted by atomic mass is 35.5. The first-order chi connectivity index (χ1) is 59.7. The molecule has 704 valence electrons. The molecule has 0 saturated carbocycles. The minimum Gasteiger partial charge on any atom is -0.744 e. The topological polar surface area (TPSA) is 357 Å². The molecular formula is C85H144Cl2N4O30S. The lowest BCUT2D eigenvalue weighted by molar-refractivity contribution is -0.674. The van der Waals surface area contributed by atoms with Gasteiger partial charge in [0.1, 0.15) is 10.1 Å². The largest absolute Gasteiger partial charge is 0.744 e. The first-order valence-corrected chi connectivity index (χ1v) is 45.3. The van der Waals surface area contributed by atoms with E-state index in [-0.39, 0.29) is 17.2 Å². The summed E-state index contributed by atoms with van der Waals surface area (Å²) in [4.78, 5) is 26.1. The summed E-state index contributed by atoms with van der Waals surface area (Å²) in [6.45, 7) is 30.6. The highest BCUT2D eigenvalue weighted by Crippen LogP contribution is 2.48. The van der Waals surface area contributed by atoms with Gasteiger partial charge in [0, 0.05) is 68.0 Å². The molecule has 1 amide bonds. The number of carboxylic acids is 1. The number of unbranched alkanes of at least 4 members (excludes halogenated alkanes) is 5. The first kappa shape index (κ1) is 110. The molecule has 37 heteroatoms. The Kier molecular flexibility index (Phi) is 68.2. The van der Waals surface area contributed by atoms with E-state index in [4.69, 9.17) is 137 Å². The molecule has 1 aliphatic rings. The lowest BCUT2D eigenvalue weighted by Gasteiger charge is -2.27. The molecule has 0 aliphatic carbocycles. The zero-order valence-electron chi connectivity index (χ0n) is 73.0. The lowest BCUT2D eigenvalue weighted by Crippen LogP contribution is -2.36. The van der Waals surface area contributed by atoms with Crippen LogP contribution in [0.25, 0.3) is 17.1 Å². The summed E-state index contributed by atoms with van der Waals surface area (Å²) in [6, 6.07) is 8.35. The van der Waals surface area contributed by atoms with Crippen molar-refractivity contribution in [2.45, 2.75) is 108 Å². The van der Waals surface area contributed by atoms with Crippen molar-refractivity contribution < 1.29 is 146 Å². The molecule has 2 heterocycles. The monoisotopic (exact) mass is 1800 g/mol. The van der Waals surface area contributed by atoms with Crippen molar-refractivity contribution in [3.63, 3.8) is 0 Å². The normalized spacial score (nSPS) is 13.2. The Morgan fingerprint density at radius 1 is 0.443 bits per heavy atom. The van der Waals surface area contributed by atoms with Crippen LogP contribution >= 0.6 is 23.2 Å². The molecule has 34 nitrogen and oxygen atoms in total. The molecule has 122 heavy (non-hydrogen) atoms. The summed E-state index contributed by atoms with van der Waals surface area (Å²) in [5.74, 6) is 0.00863. The second kappa shape index (κ2) is 75.6. The van der Waals surface area contributed by atoms with Gasteiger partial charge >= 0.3 is 5.97 Å². The third-order valence-corrected chi connectivity index (χ3v) is 19.8. The number of imidazole rings is 1. The minimum atomic E-state index is -4.67. The van der Waals surface area contributed by atoms with Crippen LogP contribution in [0.15, 0.2) is 53.1 Å². The fraction of sp³-hybridized carbons (Fsp3) is 0.776. The highest BCUT2D eigenvalue weighted by molar-refractivity contribution is 7.85. The van der Waals surface area contributed by atoms with Crippen LogP contribution in [-0.2, 0) is 152 Å². The van der Waals surface area contributed by atoms with Crippen LogP contribution in [0.3, 0.4) is 0 Å². The Morgan fingerprint density at radius 2 is 0.779 bits per heavy atom. The Balaban J connectivity index is 0.825. The van der Waals surface area contributed by atoms with E-state index in [1.807, 2.05) is 38.1 Å². The van der Waals surface area contributed by atoms with Gasteiger partial charge in [-0.3, -0.25) is 9.59 Å². The summed E-state index contributed by atoms with van der Waals surface area (Å²) >= 11 is 13.3. The van der Waals surface area contributed by atoms with Crippen molar-refractivity contribution in [2.75, 3.05) is 336 Å². The number of aryl methyl sites for hydroxylation is 2. The van der Waals surface area contributed by atoms with Gasteiger partial charge in [-0.25, -0.2) is 17.6 Å². The zero-order valence-corrected chi connectivity index (χ0v) is 75.4. The number of anilines is 1. The number of nitrogens with one attached hydrogen (secondary N) is 1. The molecule has 0 atom stereocenters. The molecule has 0 saturated heterocycles. The van der Waals surface area contributed by atoms with Crippen LogP contribution in [0.1, 0.15) is 96.4 Å². The van der Waals surface area contributed by atoms with Gasteiger partial charge in [0.15, 0.2) is 11.0 Å². The van der Waals surface area contributed by atoms with Crippen molar-refractivity contribution in [1.82, 2.24) is 9.88 Å². The van der Waals surface area contributed by atoms with Gasteiger partial charge in [-0.1, -0.05) is 56.5 Å². The van der Waals surface area contributed by atoms with E-state index < -0.39 is 21.5 Å². The number of allylic oxidation sites excluding steroid dienone is 3. The average Bonchev–Trinajstić information content (AvgIpc) is 1.59. The van der Waals surface area contributed by atoms with Gasteiger partial charge in [-0.2, -0.15) is 0 Å². The van der Waals surface area contributed by atoms with E-state index in [1.54, 1.807) is 13.2 Å². The van der Waals surface area contributed by atoms with Gasteiger partial charge in [-0.05, 0) is 74.8 Å². The fourth-order valence-electron chi connectivity index (χ4n) is 12.0. The Labute approximate surface area is 733 Å². The van der Waals surface area contributed by atoms with Crippen molar-refractivity contribution in [3.8, 4) is 0 Å². The number of amides is 1.